The summed E-state index contributed by atoms with van der Waals surface area (Å²) in [5.41, 5.74) is 1.28. The second-order valence-corrected chi connectivity index (χ2v) is 6.09. The van der Waals surface area contributed by atoms with E-state index in [0.29, 0.717) is 11.1 Å². The molecule has 3 rings (SSSR count). The number of fused-ring (bicyclic) bond motifs is 1. The number of nitrogens with one attached hydrogen (secondary N) is 1. The van der Waals surface area contributed by atoms with Gasteiger partial charge in [-0.15, -0.1) is 13.2 Å². The SMILES string of the molecule is O=C(Nc1nc2ccccc2n1Cc1ccccc1)C(F)(F)C(F)(F)OC(F)(F)F. The summed E-state index contributed by atoms with van der Waals surface area (Å²) in [6.45, 7) is 0.0119. The van der Waals surface area contributed by atoms with Crippen LogP contribution in [0.15, 0.2) is 54.6 Å². The van der Waals surface area contributed by atoms with E-state index >= 15 is 0 Å². The predicted molar refractivity (Wildman–Crippen MR) is 90.9 cm³/mol. The maximum Gasteiger partial charge on any atom is 0.527 e. The van der Waals surface area contributed by atoms with Crippen LogP contribution in [0.25, 0.3) is 11.0 Å². The van der Waals surface area contributed by atoms with Gasteiger partial charge in [0, 0.05) is 0 Å². The fourth-order valence-electron chi connectivity index (χ4n) is 2.62. The molecule has 0 radical (unpaired) electrons. The van der Waals surface area contributed by atoms with Crippen molar-refractivity contribution in [2.75, 3.05) is 5.32 Å². The van der Waals surface area contributed by atoms with Crippen molar-refractivity contribution in [1.82, 2.24) is 9.55 Å². The number of carbonyl (C=O) groups is 1. The van der Waals surface area contributed by atoms with Crippen LogP contribution in [0, 0.1) is 0 Å². The highest BCUT2D eigenvalue weighted by Gasteiger charge is 2.67. The molecule has 0 saturated carbocycles. The molecular formula is C18H12F7N3O2. The topological polar surface area (TPSA) is 56.2 Å². The summed E-state index contributed by atoms with van der Waals surface area (Å²) in [7, 11) is 0. The lowest BCUT2D eigenvalue weighted by atomic mass is 10.2. The number of rotatable bonds is 6. The van der Waals surface area contributed by atoms with Crippen LogP contribution in [-0.2, 0) is 16.1 Å². The van der Waals surface area contributed by atoms with E-state index in [2.05, 4.69) is 9.72 Å². The Bertz CT molecular complexity index is 1050. The number of carbonyl (C=O) groups excluding carboxylic acids is 1. The van der Waals surface area contributed by atoms with E-state index in [1.54, 1.807) is 48.5 Å². The molecule has 0 atom stereocenters. The summed E-state index contributed by atoms with van der Waals surface area (Å²) in [6, 6.07) is 14.6. The zero-order chi connectivity index (χ0) is 22.2. The Labute approximate surface area is 164 Å². The Morgan fingerprint density at radius 2 is 1.53 bits per heavy atom. The van der Waals surface area contributed by atoms with E-state index in [4.69, 9.17) is 0 Å². The largest absolute Gasteiger partial charge is 0.527 e. The smallest absolute Gasteiger partial charge is 0.305 e. The number of anilines is 1. The summed E-state index contributed by atoms with van der Waals surface area (Å²) in [5, 5.41) is 1.49. The molecule has 0 fully saturated rings. The molecule has 1 heterocycles. The average molecular weight is 435 g/mol. The average Bonchev–Trinajstić information content (AvgIpc) is 2.98. The van der Waals surface area contributed by atoms with Gasteiger partial charge in [-0.2, -0.15) is 17.6 Å². The van der Waals surface area contributed by atoms with Gasteiger partial charge in [-0.05, 0) is 17.7 Å². The number of nitrogens with zero attached hydrogens (tertiary/aromatic N) is 2. The monoisotopic (exact) mass is 435 g/mol. The fraction of sp³-hybridized carbons (Fsp3) is 0.222. The Kier molecular flexibility index (Phi) is 5.46. The van der Waals surface area contributed by atoms with Crippen LogP contribution in [0.2, 0.25) is 0 Å². The number of para-hydroxylation sites is 2. The molecule has 2 aromatic carbocycles. The number of ether oxygens (including phenoxy) is 1. The van der Waals surface area contributed by atoms with Crippen LogP contribution in [0.3, 0.4) is 0 Å². The first-order chi connectivity index (χ1) is 13.9. The number of amides is 1. The van der Waals surface area contributed by atoms with Crippen molar-refractivity contribution in [1.29, 1.82) is 0 Å². The third kappa shape index (κ3) is 4.37. The summed E-state index contributed by atoms with van der Waals surface area (Å²) in [4.78, 5) is 15.7. The summed E-state index contributed by atoms with van der Waals surface area (Å²) in [5.74, 6) is -9.09. The molecule has 1 amide bonds. The number of benzene rings is 2. The lowest BCUT2D eigenvalue weighted by Gasteiger charge is -2.25. The normalized spacial score (nSPS) is 12.9. The number of halogens is 7. The van der Waals surface area contributed by atoms with E-state index < -0.39 is 30.2 Å². The molecule has 0 aliphatic carbocycles. The third-order valence-electron chi connectivity index (χ3n) is 3.96. The second kappa shape index (κ2) is 7.59. The van der Waals surface area contributed by atoms with Crippen LogP contribution in [-0.4, -0.2) is 33.9 Å². The van der Waals surface area contributed by atoms with Crippen molar-refractivity contribution < 1.29 is 40.3 Å². The highest BCUT2D eigenvalue weighted by molar-refractivity contribution is 5.97. The molecule has 160 valence electrons. The Balaban J connectivity index is 1.95. The van der Waals surface area contributed by atoms with Gasteiger partial charge in [-0.1, -0.05) is 42.5 Å². The van der Waals surface area contributed by atoms with Crippen molar-refractivity contribution in [2.45, 2.75) is 24.9 Å². The first-order valence-electron chi connectivity index (χ1n) is 8.24. The molecule has 0 aliphatic heterocycles. The standard InChI is InChI=1S/C18H12F7N3O2/c19-16(20,17(21,22)30-18(23,24)25)14(29)27-15-26-12-8-4-5-9-13(12)28(15)10-11-6-2-1-3-7-11/h1-9H,10H2,(H,26,27,29). The molecule has 30 heavy (non-hydrogen) atoms. The van der Waals surface area contributed by atoms with Gasteiger partial charge in [0.2, 0.25) is 5.95 Å². The molecule has 0 aliphatic rings. The van der Waals surface area contributed by atoms with Crippen LogP contribution >= 0.6 is 0 Å². The van der Waals surface area contributed by atoms with Gasteiger partial charge in [-0.3, -0.25) is 10.1 Å². The molecule has 5 nitrogen and oxygen atoms in total. The number of aromatic nitrogens is 2. The minimum Gasteiger partial charge on any atom is -0.305 e. The number of hydrogen-bond donors (Lipinski definition) is 1. The van der Waals surface area contributed by atoms with E-state index in [1.165, 1.54) is 16.0 Å². The number of alkyl halides is 7. The maximum absolute atomic E-state index is 13.8. The van der Waals surface area contributed by atoms with Crippen LogP contribution in [0.4, 0.5) is 36.7 Å². The first-order valence-corrected chi connectivity index (χ1v) is 8.24. The van der Waals surface area contributed by atoms with Crippen molar-refractivity contribution in [3.63, 3.8) is 0 Å². The highest BCUT2D eigenvalue weighted by atomic mass is 19.4. The first kappa shape index (κ1) is 21.6. The van der Waals surface area contributed by atoms with Crippen molar-refractivity contribution >= 4 is 22.9 Å². The molecule has 3 aromatic rings. The highest BCUT2D eigenvalue weighted by Crippen LogP contribution is 2.40. The second-order valence-electron chi connectivity index (χ2n) is 6.09. The van der Waals surface area contributed by atoms with Gasteiger partial charge >= 0.3 is 24.3 Å². The van der Waals surface area contributed by atoms with Crippen LogP contribution in [0.5, 0.6) is 0 Å². The maximum atomic E-state index is 13.8. The lowest BCUT2D eigenvalue weighted by molar-refractivity contribution is -0.457. The van der Waals surface area contributed by atoms with Gasteiger partial charge in [0.1, 0.15) is 0 Å². The minimum absolute atomic E-state index is 0.0119. The number of hydrogen-bond acceptors (Lipinski definition) is 3. The van der Waals surface area contributed by atoms with Crippen molar-refractivity contribution in [3.8, 4) is 0 Å². The summed E-state index contributed by atoms with van der Waals surface area (Å²) in [6.07, 6.45) is -12.2. The molecular weight excluding hydrogens is 423 g/mol. The Morgan fingerprint density at radius 1 is 0.933 bits per heavy atom. The van der Waals surface area contributed by atoms with E-state index in [9.17, 15) is 35.5 Å². The van der Waals surface area contributed by atoms with Gasteiger partial charge in [-0.25, -0.2) is 9.72 Å². The van der Waals surface area contributed by atoms with Gasteiger partial charge < -0.3 is 4.57 Å². The van der Waals surface area contributed by atoms with E-state index in [1.807, 2.05) is 0 Å². The summed E-state index contributed by atoms with van der Waals surface area (Å²) >= 11 is 0. The van der Waals surface area contributed by atoms with E-state index in [-0.39, 0.29) is 12.1 Å². The third-order valence-corrected chi connectivity index (χ3v) is 3.96. The molecule has 0 spiro atoms. The zero-order valence-corrected chi connectivity index (χ0v) is 14.8. The van der Waals surface area contributed by atoms with Crippen LogP contribution in [0.1, 0.15) is 5.56 Å². The molecule has 12 heteroatoms. The zero-order valence-electron chi connectivity index (χ0n) is 14.8. The quantitative estimate of drug-likeness (QED) is 0.567. The molecule has 0 saturated heterocycles. The van der Waals surface area contributed by atoms with Gasteiger partial charge in [0.25, 0.3) is 0 Å². The molecule has 0 bridgehead atoms. The number of imidazole rings is 1. The Morgan fingerprint density at radius 3 is 2.17 bits per heavy atom. The summed E-state index contributed by atoms with van der Waals surface area (Å²) < 4.78 is 93.8. The Hall–Kier alpha value is -3.15. The van der Waals surface area contributed by atoms with Crippen molar-refractivity contribution in [3.05, 3.63) is 60.2 Å². The van der Waals surface area contributed by atoms with Gasteiger partial charge in [0.15, 0.2) is 0 Å². The lowest BCUT2D eigenvalue weighted by Crippen LogP contribution is -2.53. The van der Waals surface area contributed by atoms with E-state index in [0.717, 1.165) is 0 Å². The minimum atomic E-state index is -6.13. The van der Waals surface area contributed by atoms with Crippen molar-refractivity contribution in [2.24, 2.45) is 0 Å². The fourth-order valence-corrected chi connectivity index (χ4v) is 2.62. The molecule has 0 unspecified atom stereocenters. The predicted octanol–water partition coefficient (Wildman–Crippen LogP) is 4.79. The van der Waals surface area contributed by atoms with Gasteiger partial charge in [0.05, 0.1) is 17.6 Å². The molecule has 1 N–H and O–H groups in total. The molecule has 1 aromatic heterocycles. The van der Waals surface area contributed by atoms with Crippen LogP contribution < -0.4 is 5.32 Å².